The summed E-state index contributed by atoms with van der Waals surface area (Å²) in [6, 6.07) is 0.331. The maximum absolute atomic E-state index is 13.5. The van der Waals surface area contributed by atoms with Crippen molar-refractivity contribution >= 4 is 5.91 Å². The zero-order chi connectivity index (χ0) is 27.8. The first-order chi connectivity index (χ1) is 18.4. The Balaban J connectivity index is 1.29. The van der Waals surface area contributed by atoms with E-state index < -0.39 is 0 Å². The molecule has 1 N–H and O–H groups in total. The van der Waals surface area contributed by atoms with Crippen molar-refractivity contribution in [3.05, 3.63) is 12.2 Å². The van der Waals surface area contributed by atoms with Crippen molar-refractivity contribution in [2.75, 3.05) is 19.6 Å². The highest BCUT2D eigenvalue weighted by Crippen LogP contribution is 2.76. The van der Waals surface area contributed by atoms with E-state index in [1.807, 2.05) is 0 Å². The number of nitrogens with one attached hydrogen (secondary N) is 1. The number of allylic oxidation sites excluding steroid dienone is 1. The molecule has 6 rings (SSSR count). The number of hydrogen-bond donors (Lipinski definition) is 1. The molecule has 5 saturated carbocycles. The van der Waals surface area contributed by atoms with Crippen molar-refractivity contribution in [1.29, 1.82) is 0 Å². The van der Waals surface area contributed by atoms with Crippen molar-refractivity contribution in [1.82, 2.24) is 10.2 Å². The van der Waals surface area contributed by atoms with Crippen LogP contribution in [0.4, 0.5) is 0 Å². The average molecular weight is 537 g/mol. The first-order valence-corrected chi connectivity index (χ1v) is 17.1. The first-order valence-electron chi connectivity index (χ1n) is 17.1. The van der Waals surface area contributed by atoms with E-state index in [4.69, 9.17) is 0 Å². The number of nitrogens with zero attached hydrogens (tertiary/aromatic N) is 1. The monoisotopic (exact) mass is 536 g/mol. The average Bonchev–Trinajstić information content (AvgIpc) is 3.55. The van der Waals surface area contributed by atoms with E-state index in [1.54, 1.807) is 0 Å². The molecule has 1 aliphatic heterocycles. The van der Waals surface area contributed by atoms with Crippen LogP contribution < -0.4 is 5.32 Å². The van der Waals surface area contributed by atoms with Crippen LogP contribution in [-0.2, 0) is 4.79 Å². The molecule has 1 amide bonds. The van der Waals surface area contributed by atoms with Crippen molar-refractivity contribution in [3.8, 4) is 0 Å². The predicted octanol–water partition coefficient (Wildman–Crippen LogP) is 8.24. The minimum atomic E-state index is 0.187. The molecule has 0 aromatic rings. The second-order valence-corrected chi connectivity index (χ2v) is 16.9. The Labute approximate surface area is 240 Å². The summed E-state index contributed by atoms with van der Waals surface area (Å²) in [4.78, 5) is 15.9. The van der Waals surface area contributed by atoms with Gasteiger partial charge in [0.1, 0.15) is 0 Å². The van der Waals surface area contributed by atoms with E-state index in [2.05, 4.69) is 58.3 Å². The van der Waals surface area contributed by atoms with Gasteiger partial charge in [0.25, 0.3) is 0 Å². The van der Waals surface area contributed by atoms with Gasteiger partial charge in [0.2, 0.25) is 5.91 Å². The number of fused-ring (bicyclic) bond motifs is 7. The molecule has 3 heteroatoms. The minimum Gasteiger partial charge on any atom is -0.353 e. The van der Waals surface area contributed by atoms with E-state index in [9.17, 15) is 4.79 Å². The predicted molar refractivity (Wildman–Crippen MR) is 162 cm³/mol. The second kappa shape index (κ2) is 9.88. The maximum atomic E-state index is 13.5. The van der Waals surface area contributed by atoms with Crippen LogP contribution in [-0.4, -0.2) is 36.5 Å². The van der Waals surface area contributed by atoms with Crippen LogP contribution in [0.2, 0.25) is 0 Å². The molecule has 6 fully saturated rings. The largest absolute Gasteiger partial charge is 0.353 e. The molecular formula is C36H60N2O. The number of likely N-dealkylation sites (tertiary alicyclic amines) is 1. The summed E-state index contributed by atoms with van der Waals surface area (Å²) in [5.41, 5.74) is 2.78. The zero-order valence-electron chi connectivity index (χ0n) is 26.4. The summed E-state index contributed by atoms with van der Waals surface area (Å²) in [5.74, 6) is 5.13. The lowest BCUT2D eigenvalue weighted by Crippen LogP contribution is -2.69. The van der Waals surface area contributed by atoms with Crippen LogP contribution in [0.5, 0.6) is 0 Å². The molecule has 1 unspecified atom stereocenters. The van der Waals surface area contributed by atoms with E-state index in [0.717, 1.165) is 36.6 Å². The van der Waals surface area contributed by atoms with Crippen molar-refractivity contribution in [3.63, 3.8) is 0 Å². The van der Waals surface area contributed by atoms with Crippen LogP contribution in [0.3, 0.4) is 0 Å². The van der Waals surface area contributed by atoms with Gasteiger partial charge in [-0.15, -0.1) is 0 Å². The topological polar surface area (TPSA) is 32.3 Å². The lowest BCUT2D eigenvalue weighted by Gasteiger charge is -2.73. The lowest BCUT2D eigenvalue weighted by atomic mass is 9.32. The first kappa shape index (κ1) is 28.3. The minimum absolute atomic E-state index is 0.187. The van der Waals surface area contributed by atoms with Gasteiger partial charge >= 0.3 is 0 Å². The molecule has 0 aromatic carbocycles. The molecule has 0 radical (unpaired) electrons. The Morgan fingerprint density at radius 3 is 2.28 bits per heavy atom. The van der Waals surface area contributed by atoms with Crippen LogP contribution in [0, 0.1) is 57.2 Å². The standard InChI is InChI=1S/C36H60N2O/c1-24(2)26-11-10-25-14-19-34(5)27(32(25)26)12-13-29-35(34,6)20-15-28-33(3,4)18-16-30(36(28,29)7)37-31(39)17-23-38-21-8-9-22-38/h25-30,32H,1,8-23H2,2-7H3,(H,37,39)/t25-,26+,27-,28+,29+,30?,32-,34-,35-,36+/m1/s1. The van der Waals surface area contributed by atoms with Gasteiger partial charge in [-0.2, -0.15) is 0 Å². The van der Waals surface area contributed by atoms with Gasteiger partial charge in [0.05, 0.1) is 0 Å². The number of rotatable bonds is 5. The Morgan fingerprint density at radius 2 is 1.56 bits per heavy atom. The van der Waals surface area contributed by atoms with Crippen molar-refractivity contribution < 1.29 is 4.79 Å². The van der Waals surface area contributed by atoms with E-state index in [1.165, 1.54) is 89.3 Å². The normalized spacial score (nSPS) is 48.9. The fourth-order valence-electron chi connectivity index (χ4n) is 12.9. The van der Waals surface area contributed by atoms with E-state index in [-0.39, 0.29) is 5.41 Å². The third-order valence-electron chi connectivity index (χ3n) is 15.1. The molecule has 220 valence electrons. The third kappa shape index (κ3) is 4.24. The van der Waals surface area contributed by atoms with E-state index >= 15 is 0 Å². The summed E-state index contributed by atoms with van der Waals surface area (Å²) >= 11 is 0. The second-order valence-electron chi connectivity index (χ2n) is 16.9. The van der Waals surface area contributed by atoms with Gasteiger partial charge in [-0.05, 0) is 154 Å². The summed E-state index contributed by atoms with van der Waals surface area (Å²) in [6.45, 7) is 23.4. The molecule has 3 nitrogen and oxygen atoms in total. The highest BCUT2D eigenvalue weighted by molar-refractivity contribution is 5.76. The van der Waals surface area contributed by atoms with Crippen LogP contribution in [0.15, 0.2) is 12.2 Å². The summed E-state index contributed by atoms with van der Waals surface area (Å²) in [7, 11) is 0. The molecule has 0 bridgehead atoms. The number of hydrogen-bond acceptors (Lipinski definition) is 2. The van der Waals surface area contributed by atoms with Gasteiger partial charge < -0.3 is 10.2 Å². The molecule has 0 aromatic heterocycles. The Bertz CT molecular complexity index is 965. The highest BCUT2D eigenvalue weighted by Gasteiger charge is 2.70. The zero-order valence-corrected chi connectivity index (χ0v) is 26.4. The molecule has 5 aliphatic carbocycles. The van der Waals surface area contributed by atoms with Crippen molar-refractivity contribution in [2.45, 2.75) is 131 Å². The third-order valence-corrected chi connectivity index (χ3v) is 15.1. The summed E-state index contributed by atoms with van der Waals surface area (Å²) in [5, 5.41) is 3.74. The number of carbonyl (C=O) groups is 1. The molecule has 39 heavy (non-hydrogen) atoms. The molecule has 1 saturated heterocycles. The lowest BCUT2D eigenvalue weighted by molar-refractivity contribution is -0.235. The Kier molecular flexibility index (Phi) is 7.17. The number of amides is 1. The fraction of sp³-hybridized carbons (Fsp3) is 0.917. The van der Waals surface area contributed by atoms with Gasteiger partial charge in [0, 0.05) is 19.0 Å². The van der Waals surface area contributed by atoms with E-state index in [0.29, 0.717) is 46.5 Å². The van der Waals surface area contributed by atoms with Gasteiger partial charge in [-0.25, -0.2) is 0 Å². The molecular weight excluding hydrogens is 476 g/mol. The number of carbonyl (C=O) groups excluding carboxylic acids is 1. The fourth-order valence-corrected chi connectivity index (χ4v) is 12.9. The van der Waals surface area contributed by atoms with Crippen LogP contribution in [0.1, 0.15) is 125 Å². The molecule has 6 aliphatic rings. The highest BCUT2D eigenvalue weighted by atomic mass is 16.1. The summed E-state index contributed by atoms with van der Waals surface area (Å²) < 4.78 is 0. The smallest absolute Gasteiger partial charge is 0.221 e. The van der Waals surface area contributed by atoms with Crippen LogP contribution in [0.25, 0.3) is 0 Å². The molecule has 10 atom stereocenters. The van der Waals surface area contributed by atoms with Crippen LogP contribution >= 0.6 is 0 Å². The van der Waals surface area contributed by atoms with Gasteiger partial charge in [-0.1, -0.05) is 46.8 Å². The summed E-state index contributed by atoms with van der Waals surface area (Å²) in [6.07, 6.45) is 16.9. The molecule has 0 spiro atoms. The quantitative estimate of drug-likeness (QED) is 0.359. The van der Waals surface area contributed by atoms with Crippen molar-refractivity contribution in [2.24, 2.45) is 57.2 Å². The van der Waals surface area contributed by atoms with Gasteiger partial charge in [0.15, 0.2) is 0 Å². The Hall–Kier alpha value is -0.830. The SMILES string of the molecule is C=C(C)[C@@H]1CC[C@@H]2CC[C@]3(C)[C@H](CC[C@@H]4[C@@]5(C)C(NC(=O)CCN6CCCC6)CCC(C)(C)[C@@H]5CC[C@]43C)[C@H]21. The maximum Gasteiger partial charge on any atom is 0.221 e. The Morgan fingerprint density at radius 1 is 0.846 bits per heavy atom. The molecule has 1 heterocycles. The van der Waals surface area contributed by atoms with Gasteiger partial charge in [-0.3, -0.25) is 4.79 Å².